The maximum absolute atomic E-state index is 5.55. The van der Waals surface area contributed by atoms with Gasteiger partial charge in [-0.05, 0) is 0 Å². The second kappa shape index (κ2) is 2.64. The van der Waals surface area contributed by atoms with Gasteiger partial charge in [0.2, 0.25) is 0 Å². The van der Waals surface area contributed by atoms with Gasteiger partial charge in [0.1, 0.15) is 19.8 Å². The number of nitrogens with zero attached hydrogens (tertiary/aromatic N) is 1. The third kappa shape index (κ3) is 1.64. The Morgan fingerprint density at radius 1 is 1.44 bits per heavy atom. The van der Waals surface area contributed by atoms with E-state index < -0.39 is 0 Å². The molecule has 1 heterocycles. The molecule has 1 aliphatic rings. The Balaban J connectivity index is 2.37. The molecule has 0 radical (unpaired) electrons. The largest absolute Gasteiger partial charge is 0.370 e. The Labute approximate surface area is 56.0 Å². The number of likely N-dealkylation sites (N-methyl/N-ethyl adjacent to an activating group) is 1. The van der Waals surface area contributed by atoms with E-state index in [1.807, 2.05) is 0 Å². The predicted molar refractivity (Wildman–Crippen MR) is 35.8 cm³/mol. The minimum absolute atomic E-state index is 0.739. The number of hydrogen-bond acceptors (Lipinski definition) is 2. The summed E-state index contributed by atoms with van der Waals surface area (Å²) >= 11 is 0. The van der Waals surface area contributed by atoms with Crippen molar-refractivity contribution in [2.45, 2.75) is 0 Å². The average Bonchev–Trinajstić information content (AvgIpc) is 1.90. The van der Waals surface area contributed by atoms with Gasteiger partial charge in [0, 0.05) is 0 Å². The second-order valence-electron chi connectivity index (χ2n) is 2.86. The Bertz CT molecular complexity index is 89.1. The van der Waals surface area contributed by atoms with E-state index in [1.165, 1.54) is 0 Å². The standard InChI is InChI=1S/C6H15N2O/c1-8(6-7)2-4-9-5-3-8/h2-7H2,1H3/q+1. The van der Waals surface area contributed by atoms with Crippen LogP contribution in [0.3, 0.4) is 0 Å². The van der Waals surface area contributed by atoms with Gasteiger partial charge in [-0.2, -0.15) is 0 Å². The fraction of sp³-hybridized carbons (Fsp3) is 1.00. The van der Waals surface area contributed by atoms with Crippen LogP contribution >= 0.6 is 0 Å². The second-order valence-corrected chi connectivity index (χ2v) is 2.86. The summed E-state index contributed by atoms with van der Waals surface area (Å²) in [7, 11) is 2.17. The van der Waals surface area contributed by atoms with Gasteiger partial charge in [-0.3, -0.25) is 5.73 Å². The van der Waals surface area contributed by atoms with Crippen LogP contribution in [-0.4, -0.2) is 44.5 Å². The lowest BCUT2D eigenvalue weighted by molar-refractivity contribution is -0.916. The SMILES string of the molecule is C[N+]1(CN)CCOCC1. The average molecular weight is 131 g/mol. The van der Waals surface area contributed by atoms with E-state index in [0.717, 1.165) is 37.5 Å². The van der Waals surface area contributed by atoms with E-state index in [9.17, 15) is 0 Å². The smallest absolute Gasteiger partial charge is 0.129 e. The summed E-state index contributed by atoms with van der Waals surface area (Å²) in [4.78, 5) is 0. The van der Waals surface area contributed by atoms with E-state index >= 15 is 0 Å². The van der Waals surface area contributed by atoms with Crippen LogP contribution in [0.2, 0.25) is 0 Å². The molecule has 0 aromatic heterocycles. The predicted octanol–water partition coefficient (Wildman–Crippen LogP) is -0.621. The van der Waals surface area contributed by atoms with Crippen molar-refractivity contribution in [2.24, 2.45) is 5.73 Å². The van der Waals surface area contributed by atoms with Gasteiger partial charge in [-0.1, -0.05) is 0 Å². The summed E-state index contributed by atoms with van der Waals surface area (Å²) in [5, 5.41) is 0. The summed E-state index contributed by atoms with van der Waals surface area (Å²) < 4.78 is 6.17. The highest BCUT2D eigenvalue weighted by atomic mass is 16.5. The molecule has 0 bridgehead atoms. The zero-order chi connectivity index (χ0) is 6.74. The van der Waals surface area contributed by atoms with E-state index in [2.05, 4.69) is 7.05 Å². The highest BCUT2D eigenvalue weighted by Crippen LogP contribution is 2.03. The zero-order valence-electron chi connectivity index (χ0n) is 5.97. The third-order valence-corrected chi connectivity index (χ3v) is 1.99. The molecule has 1 aliphatic heterocycles. The summed E-state index contributed by atoms with van der Waals surface area (Å²) in [6, 6.07) is 0. The first-order valence-electron chi connectivity index (χ1n) is 3.38. The maximum Gasteiger partial charge on any atom is 0.129 e. The molecule has 3 heteroatoms. The molecule has 3 nitrogen and oxygen atoms in total. The molecule has 1 saturated heterocycles. The van der Waals surface area contributed by atoms with Gasteiger partial charge in [0.05, 0.1) is 20.3 Å². The first-order valence-corrected chi connectivity index (χ1v) is 3.38. The first kappa shape index (κ1) is 6.99. The summed E-state index contributed by atoms with van der Waals surface area (Å²) in [5.41, 5.74) is 5.55. The highest BCUT2D eigenvalue weighted by molar-refractivity contribution is 4.43. The van der Waals surface area contributed by atoms with Crippen molar-refractivity contribution in [1.29, 1.82) is 0 Å². The van der Waals surface area contributed by atoms with Crippen LogP contribution < -0.4 is 5.73 Å². The minimum Gasteiger partial charge on any atom is -0.370 e. The number of quaternary nitrogens is 1. The van der Waals surface area contributed by atoms with Crippen molar-refractivity contribution in [1.82, 2.24) is 0 Å². The molecule has 0 saturated carbocycles. The van der Waals surface area contributed by atoms with E-state index in [-0.39, 0.29) is 0 Å². The van der Waals surface area contributed by atoms with Crippen LogP contribution in [-0.2, 0) is 4.74 Å². The quantitative estimate of drug-likeness (QED) is 0.481. The first-order chi connectivity index (χ1) is 4.27. The number of hydrogen-bond donors (Lipinski definition) is 1. The molecule has 0 aromatic rings. The van der Waals surface area contributed by atoms with Crippen molar-refractivity contribution in [3.63, 3.8) is 0 Å². The van der Waals surface area contributed by atoms with Gasteiger partial charge in [-0.15, -0.1) is 0 Å². The van der Waals surface area contributed by atoms with E-state index in [1.54, 1.807) is 0 Å². The van der Waals surface area contributed by atoms with Gasteiger partial charge in [0.15, 0.2) is 0 Å². The lowest BCUT2D eigenvalue weighted by atomic mass is 10.4. The molecule has 0 aliphatic carbocycles. The van der Waals surface area contributed by atoms with E-state index in [4.69, 9.17) is 10.5 Å². The van der Waals surface area contributed by atoms with Gasteiger partial charge < -0.3 is 9.22 Å². The summed E-state index contributed by atoms with van der Waals surface area (Å²) in [6.07, 6.45) is 0. The molecule has 1 rings (SSSR count). The van der Waals surface area contributed by atoms with Gasteiger partial charge >= 0.3 is 0 Å². The minimum atomic E-state index is 0.739. The molecule has 0 unspecified atom stereocenters. The van der Waals surface area contributed by atoms with Crippen molar-refractivity contribution in [3.05, 3.63) is 0 Å². The number of morpholine rings is 1. The van der Waals surface area contributed by atoms with Crippen molar-refractivity contribution < 1.29 is 9.22 Å². The van der Waals surface area contributed by atoms with Crippen LogP contribution in [0.25, 0.3) is 0 Å². The normalized spacial score (nSPS) is 26.0. The van der Waals surface area contributed by atoms with Gasteiger partial charge in [-0.25, -0.2) is 0 Å². The zero-order valence-corrected chi connectivity index (χ0v) is 5.97. The molecular formula is C6H15N2O+. The Kier molecular flexibility index (Phi) is 2.05. The number of rotatable bonds is 1. The van der Waals surface area contributed by atoms with Crippen LogP contribution in [0, 0.1) is 0 Å². The number of nitrogens with two attached hydrogens (primary N) is 1. The number of ether oxygens (including phenoxy) is 1. The topological polar surface area (TPSA) is 35.2 Å². The summed E-state index contributed by atoms with van der Waals surface area (Å²) in [6.45, 7) is 4.61. The Hall–Kier alpha value is -0.120. The van der Waals surface area contributed by atoms with Crippen LogP contribution in [0.1, 0.15) is 0 Å². The molecule has 0 amide bonds. The fourth-order valence-electron chi connectivity index (χ4n) is 0.966. The molecular weight excluding hydrogens is 116 g/mol. The van der Waals surface area contributed by atoms with Crippen LogP contribution in [0.15, 0.2) is 0 Å². The van der Waals surface area contributed by atoms with Crippen molar-refractivity contribution in [2.75, 3.05) is 40.0 Å². The van der Waals surface area contributed by atoms with Crippen LogP contribution in [0.4, 0.5) is 0 Å². The molecule has 54 valence electrons. The van der Waals surface area contributed by atoms with Crippen molar-refractivity contribution >= 4 is 0 Å². The highest BCUT2D eigenvalue weighted by Gasteiger charge is 2.22. The summed E-state index contributed by atoms with van der Waals surface area (Å²) in [5.74, 6) is 0. The molecule has 0 spiro atoms. The maximum atomic E-state index is 5.55. The molecule has 0 aromatic carbocycles. The van der Waals surface area contributed by atoms with Crippen molar-refractivity contribution in [3.8, 4) is 0 Å². The monoisotopic (exact) mass is 131 g/mol. The fourth-order valence-corrected chi connectivity index (χ4v) is 0.966. The Morgan fingerprint density at radius 2 is 2.00 bits per heavy atom. The molecule has 1 fully saturated rings. The Morgan fingerprint density at radius 3 is 2.33 bits per heavy atom. The molecule has 0 atom stereocenters. The molecule has 9 heavy (non-hydrogen) atoms. The van der Waals surface area contributed by atoms with E-state index in [0.29, 0.717) is 0 Å². The lowest BCUT2D eigenvalue weighted by Crippen LogP contribution is -2.54. The third-order valence-electron chi connectivity index (χ3n) is 1.99. The lowest BCUT2D eigenvalue weighted by Gasteiger charge is -2.35. The molecule has 2 N–H and O–H groups in total. The van der Waals surface area contributed by atoms with Crippen LogP contribution in [0.5, 0.6) is 0 Å². The van der Waals surface area contributed by atoms with Gasteiger partial charge in [0.25, 0.3) is 0 Å².